The van der Waals surface area contributed by atoms with Crippen LogP contribution < -0.4 is 5.32 Å². The molecule has 0 saturated heterocycles. The average molecular weight is 437 g/mol. The summed E-state index contributed by atoms with van der Waals surface area (Å²) in [5, 5.41) is 2.92. The largest absolute Gasteiger partial charge is 0.433 e. The zero-order valence-corrected chi connectivity index (χ0v) is 15.3. The second kappa shape index (κ2) is 6.82. The van der Waals surface area contributed by atoms with Crippen LogP contribution in [0.3, 0.4) is 0 Å². The van der Waals surface area contributed by atoms with E-state index in [1.807, 2.05) is 0 Å². The van der Waals surface area contributed by atoms with Crippen LogP contribution in [-0.4, -0.2) is 23.5 Å². The van der Waals surface area contributed by atoms with Crippen molar-refractivity contribution >= 4 is 39.1 Å². The van der Waals surface area contributed by atoms with Crippen molar-refractivity contribution in [1.82, 2.24) is 0 Å². The number of rotatable bonds is 2. The van der Waals surface area contributed by atoms with E-state index in [4.69, 9.17) is 16.3 Å². The van der Waals surface area contributed by atoms with E-state index in [0.29, 0.717) is 5.33 Å². The molecule has 1 amide bonds. The minimum atomic E-state index is -4.84. The Balaban J connectivity index is 2.22. The number of carbonyl (C=O) groups is 1. The summed E-state index contributed by atoms with van der Waals surface area (Å²) < 4.78 is 47.9. The highest BCUT2D eigenvalue weighted by Crippen LogP contribution is 2.48. The number of carbonyl (C=O) groups excluding carboxylic acids is 1. The second-order valence-corrected chi connectivity index (χ2v) is 7.22. The van der Waals surface area contributed by atoms with Crippen molar-refractivity contribution in [3.8, 4) is 11.8 Å². The van der Waals surface area contributed by atoms with Crippen molar-refractivity contribution in [2.24, 2.45) is 5.92 Å². The Morgan fingerprint density at radius 2 is 2.12 bits per heavy atom. The Labute approximate surface area is 156 Å². The number of fused-ring (bicyclic) bond motifs is 1. The standard InChI is InChI=1S/C17H14BrClF3NO2/c18-8-6-14-15(24)23-13-4-3-11(19)9-12(13)16(25-14,17(20,21)22)7-5-10-1-2-10/h3-4,9-10,14H,1-2,6,8H2,(H,23,24). The molecule has 1 heterocycles. The highest BCUT2D eigenvalue weighted by Gasteiger charge is 2.60. The van der Waals surface area contributed by atoms with Gasteiger partial charge in [-0.05, 0) is 37.5 Å². The number of benzene rings is 1. The summed E-state index contributed by atoms with van der Waals surface area (Å²) in [6, 6.07) is 3.92. The quantitative estimate of drug-likeness (QED) is 0.542. The Bertz CT molecular complexity index is 754. The van der Waals surface area contributed by atoms with E-state index < -0.39 is 23.8 Å². The van der Waals surface area contributed by atoms with Crippen LogP contribution in [0, 0.1) is 17.8 Å². The van der Waals surface area contributed by atoms with Crippen LogP contribution in [0.5, 0.6) is 0 Å². The van der Waals surface area contributed by atoms with Gasteiger partial charge in [-0.2, -0.15) is 13.2 Å². The van der Waals surface area contributed by atoms with Crippen LogP contribution in [0.25, 0.3) is 0 Å². The van der Waals surface area contributed by atoms with Crippen LogP contribution in [0.15, 0.2) is 18.2 Å². The van der Waals surface area contributed by atoms with Gasteiger partial charge in [0, 0.05) is 27.5 Å². The fourth-order valence-electron chi connectivity index (χ4n) is 2.57. The molecule has 8 heteroatoms. The van der Waals surface area contributed by atoms with Crippen molar-refractivity contribution in [2.75, 3.05) is 10.6 Å². The van der Waals surface area contributed by atoms with Gasteiger partial charge in [-0.15, -0.1) is 0 Å². The van der Waals surface area contributed by atoms with Crippen LogP contribution >= 0.6 is 27.5 Å². The minimum Gasteiger partial charge on any atom is -0.337 e. The molecule has 3 nitrogen and oxygen atoms in total. The monoisotopic (exact) mass is 435 g/mol. The van der Waals surface area contributed by atoms with Crippen molar-refractivity contribution in [3.63, 3.8) is 0 Å². The smallest absolute Gasteiger partial charge is 0.337 e. The lowest BCUT2D eigenvalue weighted by Gasteiger charge is -2.33. The van der Waals surface area contributed by atoms with Gasteiger partial charge in [-0.1, -0.05) is 39.4 Å². The maximum atomic E-state index is 14.2. The molecule has 1 aromatic carbocycles. The fourth-order valence-corrected chi connectivity index (χ4v) is 3.16. The molecule has 1 aliphatic heterocycles. The first-order chi connectivity index (χ1) is 11.8. The van der Waals surface area contributed by atoms with Gasteiger partial charge < -0.3 is 10.1 Å². The van der Waals surface area contributed by atoms with E-state index in [2.05, 4.69) is 33.1 Å². The topological polar surface area (TPSA) is 38.3 Å². The molecule has 1 saturated carbocycles. The minimum absolute atomic E-state index is 0.00824. The van der Waals surface area contributed by atoms with Crippen LogP contribution in [0.2, 0.25) is 5.02 Å². The Kier molecular flexibility index (Phi) is 5.06. The molecular weight excluding hydrogens is 423 g/mol. The van der Waals surface area contributed by atoms with Crippen molar-refractivity contribution in [2.45, 2.75) is 37.1 Å². The van der Waals surface area contributed by atoms with E-state index >= 15 is 0 Å². The highest BCUT2D eigenvalue weighted by atomic mass is 79.9. The Morgan fingerprint density at radius 3 is 2.72 bits per heavy atom. The van der Waals surface area contributed by atoms with Crippen LogP contribution in [-0.2, 0) is 15.1 Å². The first-order valence-electron chi connectivity index (χ1n) is 7.71. The molecule has 0 radical (unpaired) electrons. The first kappa shape index (κ1) is 18.6. The molecule has 0 bridgehead atoms. The number of amides is 1. The molecule has 134 valence electrons. The van der Waals surface area contributed by atoms with E-state index in [0.717, 1.165) is 18.9 Å². The number of anilines is 1. The summed E-state index contributed by atoms with van der Waals surface area (Å²) >= 11 is 9.07. The molecule has 2 aliphatic rings. The SMILES string of the molecule is O=C1Nc2ccc(Cl)cc2C(C#CC2CC2)(C(F)(F)F)OC1CCBr. The number of nitrogens with one attached hydrogen (secondary N) is 1. The van der Waals surface area contributed by atoms with Gasteiger partial charge in [0.2, 0.25) is 0 Å². The normalized spacial score (nSPS) is 26.1. The zero-order chi connectivity index (χ0) is 18.2. The maximum absolute atomic E-state index is 14.2. The van der Waals surface area contributed by atoms with Crippen LogP contribution in [0.1, 0.15) is 24.8 Å². The van der Waals surface area contributed by atoms with Crippen molar-refractivity contribution < 1.29 is 22.7 Å². The van der Waals surface area contributed by atoms with Gasteiger partial charge in [0.1, 0.15) is 6.10 Å². The number of hydrogen-bond donors (Lipinski definition) is 1. The summed E-state index contributed by atoms with van der Waals surface area (Å²) in [6.45, 7) is 0. The van der Waals surface area contributed by atoms with E-state index in [1.165, 1.54) is 12.1 Å². The fraction of sp³-hybridized carbons (Fsp3) is 0.471. The maximum Gasteiger partial charge on any atom is 0.433 e. The molecule has 1 N–H and O–H groups in total. The number of halogens is 5. The molecule has 2 atom stereocenters. The lowest BCUT2D eigenvalue weighted by atomic mass is 9.91. The summed E-state index contributed by atoms with van der Waals surface area (Å²) in [5.74, 6) is 4.26. The van der Waals surface area contributed by atoms with Gasteiger partial charge in [0.15, 0.2) is 0 Å². The van der Waals surface area contributed by atoms with E-state index in [-0.39, 0.29) is 28.6 Å². The summed E-state index contributed by atoms with van der Waals surface area (Å²) in [6.07, 6.45) is -4.51. The second-order valence-electron chi connectivity index (χ2n) is 5.99. The molecule has 3 rings (SSSR count). The predicted octanol–water partition coefficient (Wildman–Crippen LogP) is 4.63. The number of alkyl halides is 4. The highest BCUT2D eigenvalue weighted by molar-refractivity contribution is 9.09. The lowest BCUT2D eigenvalue weighted by Crippen LogP contribution is -2.47. The van der Waals surface area contributed by atoms with E-state index in [1.54, 1.807) is 0 Å². The molecule has 0 spiro atoms. The molecule has 25 heavy (non-hydrogen) atoms. The molecule has 2 unspecified atom stereocenters. The third-order valence-corrected chi connectivity index (χ3v) is 4.72. The summed E-state index contributed by atoms with van der Waals surface area (Å²) in [5.41, 5.74) is -3.18. The molecule has 1 fully saturated rings. The van der Waals surface area contributed by atoms with Crippen LogP contribution in [0.4, 0.5) is 18.9 Å². The lowest BCUT2D eigenvalue weighted by molar-refractivity contribution is -0.268. The molecular formula is C17H14BrClF3NO2. The molecule has 1 aliphatic carbocycles. The Morgan fingerprint density at radius 1 is 1.40 bits per heavy atom. The number of ether oxygens (including phenoxy) is 1. The van der Waals surface area contributed by atoms with Gasteiger partial charge in [-0.25, -0.2) is 0 Å². The first-order valence-corrected chi connectivity index (χ1v) is 9.21. The summed E-state index contributed by atoms with van der Waals surface area (Å²) in [7, 11) is 0. The third kappa shape index (κ3) is 3.67. The third-order valence-electron chi connectivity index (χ3n) is 4.03. The zero-order valence-electron chi connectivity index (χ0n) is 12.9. The van der Waals surface area contributed by atoms with Gasteiger partial charge in [-0.3, -0.25) is 4.79 Å². The Hall–Kier alpha value is -1.23. The van der Waals surface area contributed by atoms with E-state index in [9.17, 15) is 18.0 Å². The summed E-state index contributed by atoms with van der Waals surface area (Å²) in [4.78, 5) is 12.3. The van der Waals surface area contributed by atoms with Gasteiger partial charge in [0.05, 0.1) is 0 Å². The predicted molar refractivity (Wildman–Crippen MR) is 91.6 cm³/mol. The van der Waals surface area contributed by atoms with Crippen molar-refractivity contribution in [3.05, 3.63) is 28.8 Å². The van der Waals surface area contributed by atoms with Gasteiger partial charge in [0.25, 0.3) is 11.5 Å². The molecule has 0 aromatic heterocycles. The van der Waals surface area contributed by atoms with Gasteiger partial charge >= 0.3 is 6.18 Å². The molecule has 1 aromatic rings. The number of hydrogen-bond acceptors (Lipinski definition) is 2. The van der Waals surface area contributed by atoms with Crippen molar-refractivity contribution in [1.29, 1.82) is 0 Å². The average Bonchev–Trinajstić information content (AvgIpc) is 3.35.